The van der Waals surface area contributed by atoms with Crippen LogP contribution in [0.5, 0.6) is 5.75 Å². The monoisotopic (exact) mass is 349 g/mol. The zero-order valence-corrected chi connectivity index (χ0v) is 14.5. The van der Waals surface area contributed by atoms with E-state index in [4.69, 9.17) is 16.3 Å². The molecule has 2 aromatic rings. The van der Waals surface area contributed by atoms with E-state index in [1.807, 2.05) is 6.92 Å². The van der Waals surface area contributed by atoms with Gasteiger partial charge in [0.15, 0.2) is 0 Å². The molecule has 1 amide bonds. The standard InChI is InChI=1S/C17H20ClN3O3/c1-11-14(17(18)21(2)20-11)7-8-16(23)19-10-15(22)12-5-4-6-13(9-12)24-3/h4-9,15,22H,10H2,1-3H3,(H,19,23)/b8-7+. The topological polar surface area (TPSA) is 76.4 Å². The average molecular weight is 350 g/mol. The van der Waals surface area contributed by atoms with Gasteiger partial charge in [-0.2, -0.15) is 5.10 Å². The molecule has 0 fully saturated rings. The van der Waals surface area contributed by atoms with Crippen molar-refractivity contribution in [2.45, 2.75) is 13.0 Å². The van der Waals surface area contributed by atoms with Crippen molar-refractivity contribution in [2.24, 2.45) is 7.05 Å². The molecule has 0 spiro atoms. The summed E-state index contributed by atoms with van der Waals surface area (Å²) >= 11 is 6.10. The molecule has 0 saturated heterocycles. The molecular weight excluding hydrogens is 330 g/mol. The lowest BCUT2D eigenvalue weighted by molar-refractivity contribution is -0.116. The van der Waals surface area contributed by atoms with E-state index < -0.39 is 6.10 Å². The Morgan fingerprint density at radius 2 is 2.29 bits per heavy atom. The summed E-state index contributed by atoms with van der Waals surface area (Å²) in [5, 5.41) is 17.4. The van der Waals surface area contributed by atoms with Crippen LogP contribution in [0.25, 0.3) is 6.08 Å². The Morgan fingerprint density at radius 3 is 2.92 bits per heavy atom. The van der Waals surface area contributed by atoms with Crippen LogP contribution in [0.2, 0.25) is 5.15 Å². The summed E-state index contributed by atoms with van der Waals surface area (Å²) in [6.45, 7) is 1.91. The van der Waals surface area contributed by atoms with Crippen molar-refractivity contribution in [2.75, 3.05) is 13.7 Å². The van der Waals surface area contributed by atoms with Crippen molar-refractivity contribution in [1.29, 1.82) is 0 Å². The third-order valence-electron chi connectivity index (χ3n) is 3.55. The molecule has 2 N–H and O–H groups in total. The molecule has 1 atom stereocenters. The predicted molar refractivity (Wildman–Crippen MR) is 93.0 cm³/mol. The van der Waals surface area contributed by atoms with E-state index in [1.165, 1.54) is 6.08 Å². The second-order valence-corrected chi connectivity index (χ2v) is 5.64. The molecule has 6 nitrogen and oxygen atoms in total. The number of carbonyl (C=O) groups is 1. The number of aryl methyl sites for hydroxylation is 2. The van der Waals surface area contributed by atoms with E-state index >= 15 is 0 Å². The Hall–Kier alpha value is -2.31. The number of benzene rings is 1. The van der Waals surface area contributed by atoms with Gasteiger partial charge < -0.3 is 15.2 Å². The number of amides is 1. The molecule has 0 saturated carbocycles. The minimum Gasteiger partial charge on any atom is -0.497 e. The smallest absolute Gasteiger partial charge is 0.244 e. The fourth-order valence-corrected chi connectivity index (χ4v) is 2.46. The van der Waals surface area contributed by atoms with Crippen LogP contribution in [0, 0.1) is 6.92 Å². The van der Waals surface area contributed by atoms with Gasteiger partial charge in [-0.1, -0.05) is 23.7 Å². The first-order valence-corrected chi connectivity index (χ1v) is 7.77. The van der Waals surface area contributed by atoms with Crippen LogP contribution in [0.3, 0.4) is 0 Å². The first-order valence-electron chi connectivity index (χ1n) is 7.39. The maximum Gasteiger partial charge on any atom is 0.244 e. The average Bonchev–Trinajstić information content (AvgIpc) is 2.83. The summed E-state index contributed by atoms with van der Waals surface area (Å²) in [4.78, 5) is 11.9. The lowest BCUT2D eigenvalue weighted by atomic mass is 10.1. The van der Waals surface area contributed by atoms with Crippen molar-refractivity contribution in [3.8, 4) is 5.75 Å². The van der Waals surface area contributed by atoms with Crippen LogP contribution in [-0.4, -0.2) is 34.4 Å². The molecule has 0 bridgehead atoms. The molecule has 0 radical (unpaired) electrons. The number of methoxy groups -OCH3 is 1. The third kappa shape index (κ3) is 4.37. The fraction of sp³-hybridized carbons (Fsp3) is 0.294. The van der Waals surface area contributed by atoms with Gasteiger partial charge in [-0.05, 0) is 30.7 Å². The lowest BCUT2D eigenvalue weighted by Crippen LogP contribution is -2.26. The highest BCUT2D eigenvalue weighted by Crippen LogP contribution is 2.20. The van der Waals surface area contributed by atoms with Gasteiger partial charge in [0.1, 0.15) is 10.9 Å². The summed E-state index contributed by atoms with van der Waals surface area (Å²) in [6.07, 6.45) is 2.16. The van der Waals surface area contributed by atoms with Gasteiger partial charge in [0.2, 0.25) is 5.91 Å². The number of hydrogen-bond donors (Lipinski definition) is 2. The number of nitrogens with one attached hydrogen (secondary N) is 1. The van der Waals surface area contributed by atoms with Crippen molar-refractivity contribution in [3.63, 3.8) is 0 Å². The van der Waals surface area contributed by atoms with Gasteiger partial charge in [0.05, 0.1) is 18.9 Å². The Kier molecular flexibility index (Phi) is 6.00. The molecule has 0 aliphatic heterocycles. The van der Waals surface area contributed by atoms with Gasteiger partial charge >= 0.3 is 0 Å². The minimum atomic E-state index is -0.818. The van der Waals surface area contributed by atoms with Gasteiger partial charge in [-0.15, -0.1) is 0 Å². The molecule has 1 aromatic heterocycles. The Morgan fingerprint density at radius 1 is 1.54 bits per heavy atom. The van der Waals surface area contributed by atoms with Gasteiger partial charge in [0.25, 0.3) is 0 Å². The lowest BCUT2D eigenvalue weighted by Gasteiger charge is -2.12. The molecule has 0 aliphatic rings. The van der Waals surface area contributed by atoms with Crippen molar-refractivity contribution >= 4 is 23.6 Å². The number of hydrogen-bond acceptors (Lipinski definition) is 4. The molecule has 24 heavy (non-hydrogen) atoms. The number of aliphatic hydroxyl groups excluding tert-OH is 1. The number of aromatic nitrogens is 2. The highest BCUT2D eigenvalue weighted by molar-refractivity contribution is 6.31. The number of halogens is 1. The molecular formula is C17H20ClN3O3. The Bertz CT molecular complexity index is 756. The Balaban J connectivity index is 1.94. The summed E-state index contributed by atoms with van der Waals surface area (Å²) in [5.74, 6) is 0.329. The second kappa shape index (κ2) is 7.99. The Labute approximate surface area is 145 Å². The molecule has 0 aliphatic carbocycles. The summed E-state index contributed by atoms with van der Waals surface area (Å²) in [6, 6.07) is 7.07. The molecule has 1 unspecified atom stereocenters. The zero-order chi connectivity index (χ0) is 17.7. The number of carbonyl (C=O) groups excluding carboxylic acids is 1. The van der Waals surface area contributed by atoms with Crippen LogP contribution >= 0.6 is 11.6 Å². The van der Waals surface area contributed by atoms with E-state index in [2.05, 4.69) is 10.4 Å². The number of nitrogens with zero attached hydrogens (tertiary/aromatic N) is 2. The largest absolute Gasteiger partial charge is 0.497 e. The van der Waals surface area contributed by atoms with Crippen molar-refractivity contribution in [1.82, 2.24) is 15.1 Å². The van der Waals surface area contributed by atoms with E-state index in [1.54, 1.807) is 49.2 Å². The molecule has 1 aromatic carbocycles. The maximum absolute atomic E-state index is 11.9. The van der Waals surface area contributed by atoms with E-state index in [9.17, 15) is 9.90 Å². The van der Waals surface area contributed by atoms with Gasteiger partial charge in [-0.3, -0.25) is 9.48 Å². The zero-order valence-electron chi connectivity index (χ0n) is 13.8. The highest BCUT2D eigenvalue weighted by Gasteiger charge is 2.11. The van der Waals surface area contributed by atoms with Crippen LogP contribution in [0.1, 0.15) is 22.9 Å². The van der Waals surface area contributed by atoms with Crippen LogP contribution in [-0.2, 0) is 11.8 Å². The van der Waals surface area contributed by atoms with E-state index in [0.29, 0.717) is 22.0 Å². The predicted octanol–water partition coefficient (Wildman–Crippen LogP) is 2.25. The maximum atomic E-state index is 11.9. The van der Waals surface area contributed by atoms with E-state index in [-0.39, 0.29) is 12.5 Å². The van der Waals surface area contributed by atoms with Crippen LogP contribution in [0.4, 0.5) is 0 Å². The van der Waals surface area contributed by atoms with Crippen LogP contribution in [0.15, 0.2) is 30.3 Å². The van der Waals surface area contributed by atoms with E-state index in [0.717, 1.165) is 5.69 Å². The molecule has 7 heteroatoms. The van der Waals surface area contributed by atoms with Gasteiger partial charge in [-0.25, -0.2) is 0 Å². The summed E-state index contributed by atoms with van der Waals surface area (Å²) in [7, 11) is 3.29. The highest BCUT2D eigenvalue weighted by atomic mass is 35.5. The SMILES string of the molecule is COc1cccc(C(O)CNC(=O)/C=C/c2c(C)nn(C)c2Cl)c1. The quantitative estimate of drug-likeness (QED) is 0.784. The number of rotatable bonds is 6. The van der Waals surface area contributed by atoms with Crippen LogP contribution < -0.4 is 10.1 Å². The third-order valence-corrected chi connectivity index (χ3v) is 3.99. The number of aliphatic hydroxyl groups is 1. The van der Waals surface area contributed by atoms with Crippen molar-refractivity contribution in [3.05, 3.63) is 52.3 Å². The first-order chi connectivity index (χ1) is 11.4. The summed E-state index contributed by atoms with van der Waals surface area (Å²) < 4.78 is 6.66. The number of ether oxygens (including phenoxy) is 1. The fourth-order valence-electron chi connectivity index (χ4n) is 2.22. The molecule has 2 rings (SSSR count). The van der Waals surface area contributed by atoms with Gasteiger partial charge in [0, 0.05) is 25.2 Å². The first kappa shape index (κ1) is 18.0. The molecule has 1 heterocycles. The normalized spacial score (nSPS) is 12.4. The second-order valence-electron chi connectivity index (χ2n) is 5.28. The minimum absolute atomic E-state index is 0.0933. The summed E-state index contributed by atoms with van der Waals surface area (Å²) in [5.41, 5.74) is 2.11. The molecule has 128 valence electrons. The van der Waals surface area contributed by atoms with Crippen molar-refractivity contribution < 1.29 is 14.6 Å².